The number of benzene rings is 1. The molecule has 6 nitrogen and oxygen atoms in total. The van der Waals surface area contributed by atoms with Crippen molar-refractivity contribution in [1.29, 1.82) is 0 Å². The van der Waals surface area contributed by atoms with E-state index in [0.717, 1.165) is 24.2 Å². The molecule has 2 N–H and O–H groups in total. The highest BCUT2D eigenvalue weighted by Gasteiger charge is 2.47. The first-order valence-electron chi connectivity index (χ1n) is 8.33. The van der Waals surface area contributed by atoms with Gasteiger partial charge in [-0.1, -0.05) is 12.1 Å². The molecule has 0 radical (unpaired) electrons. The minimum atomic E-state index is -0.183. The Balaban J connectivity index is 1.64. The fourth-order valence-corrected chi connectivity index (χ4v) is 2.62. The van der Waals surface area contributed by atoms with Crippen LogP contribution in [0.4, 0.5) is 0 Å². The Morgan fingerprint density at radius 1 is 1.12 bits per heavy atom. The number of hydrogen-bond donors (Lipinski definition) is 2. The maximum Gasteiger partial charge on any atom is 0.223 e. The van der Waals surface area contributed by atoms with Crippen LogP contribution in [0, 0.1) is 11.8 Å². The summed E-state index contributed by atoms with van der Waals surface area (Å²) >= 11 is 0. The molecule has 1 aromatic carbocycles. The molecule has 24 heavy (non-hydrogen) atoms. The Kier molecular flexibility index (Phi) is 7.06. The van der Waals surface area contributed by atoms with E-state index < -0.39 is 0 Å². The fourth-order valence-electron chi connectivity index (χ4n) is 2.62. The lowest BCUT2D eigenvalue weighted by Gasteiger charge is -2.07. The summed E-state index contributed by atoms with van der Waals surface area (Å²) in [5.41, 5.74) is 1.11. The van der Waals surface area contributed by atoms with E-state index in [1.54, 1.807) is 14.2 Å². The van der Waals surface area contributed by atoms with Gasteiger partial charge >= 0.3 is 0 Å². The summed E-state index contributed by atoms with van der Waals surface area (Å²) in [6, 6.07) is 7.78. The van der Waals surface area contributed by atoms with Gasteiger partial charge in [-0.25, -0.2) is 0 Å². The van der Waals surface area contributed by atoms with E-state index in [9.17, 15) is 9.59 Å². The SMILES string of the molecule is COCCCNC(=O)C1CC1C(=O)NCCc1cccc(OC)c1. The highest BCUT2D eigenvalue weighted by atomic mass is 16.5. The molecule has 0 bridgehead atoms. The van der Waals surface area contributed by atoms with Gasteiger partial charge in [0.15, 0.2) is 0 Å². The highest BCUT2D eigenvalue weighted by molar-refractivity contribution is 5.92. The molecule has 0 spiro atoms. The maximum atomic E-state index is 12.1. The Labute approximate surface area is 142 Å². The summed E-state index contributed by atoms with van der Waals surface area (Å²) in [5.74, 6) is 0.391. The van der Waals surface area contributed by atoms with Gasteiger partial charge in [0.05, 0.1) is 18.9 Å². The summed E-state index contributed by atoms with van der Waals surface area (Å²) in [6.07, 6.45) is 2.16. The second-order valence-corrected chi connectivity index (χ2v) is 5.98. The minimum absolute atomic E-state index is 0.0287. The van der Waals surface area contributed by atoms with Crippen LogP contribution in [0.3, 0.4) is 0 Å². The predicted octanol–water partition coefficient (Wildman–Crippen LogP) is 1.14. The Hall–Kier alpha value is -2.08. The molecular weight excluding hydrogens is 308 g/mol. The Morgan fingerprint density at radius 3 is 2.50 bits per heavy atom. The minimum Gasteiger partial charge on any atom is -0.497 e. The first kappa shape index (κ1) is 18.3. The molecule has 0 aromatic heterocycles. The van der Waals surface area contributed by atoms with Crippen molar-refractivity contribution in [3.05, 3.63) is 29.8 Å². The summed E-state index contributed by atoms with van der Waals surface area (Å²) in [6.45, 7) is 1.77. The first-order chi connectivity index (χ1) is 11.7. The molecule has 132 valence electrons. The third-order valence-corrected chi connectivity index (χ3v) is 4.14. The molecule has 0 saturated heterocycles. The van der Waals surface area contributed by atoms with E-state index >= 15 is 0 Å². The van der Waals surface area contributed by atoms with E-state index in [2.05, 4.69) is 10.6 Å². The number of methoxy groups -OCH3 is 2. The lowest BCUT2D eigenvalue weighted by Crippen LogP contribution is -2.31. The van der Waals surface area contributed by atoms with Crippen molar-refractivity contribution in [2.24, 2.45) is 11.8 Å². The molecule has 0 aliphatic heterocycles. The Bertz CT molecular complexity index is 562. The van der Waals surface area contributed by atoms with Crippen LogP contribution < -0.4 is 15.4 Å². The maximum absolute atomic E-state index is 12.1. The van der Waals surface area contributed by atoms with Crippen molar-refractivity contribution in [3.63, 3.8) is 0 Å². The van der Waals surface area contributed by atoms with Gasteiger partial charge in [-0.2, -0.15) is 0 Å². The molecule has 6 heteroatoms. The van der Waals surface area contributed by atoms with Crippen LogP contribution >= 0.6 is 0 Å². The Morgan fingerprint density at radius 2 is 1.83 bits per heavy atom. The molecule has 1 aliphatic carbocycles. The zero-order valence-electron chi connectivity index (χ0n) is 14.3. The number of hydrogen-bond acceptors (Lipinski definition) is 4. The lowest BCUT2D eigenvalue weighted by molar-refractivity contribution is -0.127. The van der Waals surface area contributed by atoms with Crippen LogP contribution in [0.1, 0.15) is 18.4 Å². The third-order valence-electron chi connectivity index (χ3n) is 4.14. The number of ether oxygens (including phenoxy) is 2. The summed E-state index contributed by atoms with van der Waals surface area (Å²) < 4.78 is 10.1. The molecule has 2 amide bonds. The van der Waals surface area contributed by atoms with Crippen molar-refractivity contribution in [2.45, 2.75) is 19.3 Å². The van der Waals surface area contributed by atoms with Crippen molar-refractivity contribution in [3.8, 4) is 5.75 Å². The monoisotopic (exact) mass is 334 g/mol. The van der Waals surface area contributed by atoms with Crippen LogP contribution in [0.5, 0.6) is 5.75 Å². The van der Waals surface area contributed by atoms with Crippen LogP contribution in [-0.4, -0.2) is 45.7 Å². The first-order valence-corrected chi connectivity index (χ1v) is 8.33. The molecule has 0 heterocycles. The molecule has 1 aliphatic rings. The van der Waals surface area contributed by atoms with E-state index in [4.69, 9.17) is 9.47 Å². The second-order valence-electron chi connectivity index (χ2n) is 5.98. The molecule has 1 aromatic rings. The van der Waals surface area contributed by atoms with E-state index in [1.807, 2.05) is 24.3 Å². The quantitative estimate of drug-likeness (QED) is 0.629. The second kappa shape index (κ2) is 9.27. The van der Waals surface area contributed by atoms with Crippen LogP contribution in [0.2, 0.25) is 0 Å². The van der Waals surface area contributed by atoms with Gasteiger partial charge in [0.25, 0.3) is 0 Å². The summed E-state index contributed by atoms with van der Waals surface area (Å²) in [5, 5.41) is 5.76. The fraction of sp³-hybridized carbons (Fsp3) is 0.556. The highest BCUT2D eigenvalue weighted by Crippen LogP contribution is 2.38. The van der Waals surface area contributed by atoms with Crippen molar-refractivity contribution in [1.82, 2.24) is 10.6 Å². The van der Waals surface area contributed by atoms with E-state index in [-0.39, 0.29) is 23.7 Å². The van der Waals surface area contributed by atoms with Crippen molar-refractivity contribution < 1.29 is 19.1 Å². The standard InChI is InChI=1S/C18H26N2O4/c1-23-10-4-8-19-17(21)15-12-16(15)18(22)20-9-7-13-5-3-6-14(11-13)24-2/h3,5-6,11,15-16H,4,7-10,12H2,1-2H3,(H,19,21)(H,20,22). The zero-order chi connectivity index (χ0) is 17.4. The number of nitrogens with one attached hydrogen (secondary N) is 2. The molecular formula is C18H26N2O4. The van der Waals surface area contributed by atoms with Gasteiger partial charge in [0.1, 0.15) is 5.75 Å². The summed E-state index contributed by atoms with van der Waals surface area (Å²) in [4.78, 5) is 24.0. The smallest absolute Gasteiger partial charge is 0.223 e. The van der Waals surface area contributed by atoms with Gasteiger partial charge in [0, 0.05) is 26.8 Å². The van der Waals surface area contributed by atoms with E-state index in [1.165, 1.54) is 0 Å². The number of carbonyl (C=O) groups excluding carboxylic acids is 2. The van der Waals surface area contributed by atoms with Gasteiger partial charge < -0.3 is 20.1 Å². The molecule has 2 unspecified atom stereocenters. The topological polar surface area (TPSA) is 76.7 Å². The van der Waals surface area contributed by atoms with Gasteiger partial charge in [-0.05, 0) is 37.0 Å². The van der Waals surface area contributed by atoms with Gasteiger partial charge in [-0.3, -0.25) is 9.59 Å². The van der Waals surface area contributed by atoms with Crippen LogP contribution in [0.15, 0.2) is 24.3 Å². The van der Waals surface area contributed by atoms with Crippen LogP contribution in [0.25, 0.3) is 0 Å². The average molecular weight is 334 g/mol. The number of carbonyl (C=O) groups is 2. The number of rotatable bonds is 10. The summed E-state index contributed by atoms with van der Waals surface area (Å²) in [7, 11) is 3.27. The van der Waals surface area contributed by atoms with Crippen molar-refractivity contribution in [2.75, 3.05) is 33.9 Å². The number of amides is 2. The van der Waals surface area contributed by atoms with Gasteiger partial charge in [0.2, 0.25) is 11.8 Å². The lowest BCUT2D eigenvalue weighted by atomic mass is 10.1. The molecule has 2 atom stereocenters. The van der Waals surface area contributed by atoms with Gasteiger partial charge in [-0.15, -0.1) is 0 Å². The normalized spacial score (nSPS) is 18.8. The van der Waals surface area contributed by atoms with Crippen molar-refractivity contribution >= 4 is 11.8 Å². The average Bonchev–Trinajstić information content (AvgIpc) is 3.39. The predicted molar refractivity (Wildman–Crippen MR) is 90.8 cm³/mol. The zero-order valence-corrected chi connectivity index (χ0v) is 14.3. The largest absolute Gasteiger partial charge is 0.497 e. The van der Waals surface area contributed by atoms with E-state index in [0.29, 0.717) is 26.1 Å². The molecule has 1 saturated carbocycles. The molecule has 1 fully saturated rings. The van der Waals surface area contributed by atoms with Crippen LogP contribution in [-0.2, 0) is 20.7 Å². The third kappa shape index (κ3) is 5.53. The molecule has 2 rings (SSSR count).